The predicted octanol–water partition coefficient (Wildman–Crippen LogP) is 2.61. The maximum absolute atomic E-state index is 12.8. The highest BCUT2D eigenvalue weighted by Crippen LogP contribution is 2.24. The van der Waals surface area contributed by atoms with Crippen molar-refractivity contribution >= 4 is 15.9 Å². The monoisotopic (exact) mass is 372 g/mol. The molecule has 2 aromatic rings. The topological polar surface area (TPSA) is 66.5 Å². The van der Waals surface area contributed by atoms with E-state index in [1.807, 2.05) is 61.5 Å². The predicted molar refractivity (Wildman–Crippen MR) is 102 cm³/mol. The Morgan fingerprint density at radius 1 is 1.12 bits per heavy atom. The normalized spacial score (nSPS) is 18.0. The molecule has 0 saturated carbocycles. The first kappa shape index (κ1) is 18.6. The zero-order chi connectivity index (χ0) is 18.6. The van der Waals surface area contributed by atoms with Crippen molar-refractivity contribution in [3.8, 4) is 0 Å². The van der Waals surface area contributed by atoms with Gasteiger partial charge in [0.1, 0.15) is 6.04 Å². The summed E-state index contributed by atoms with van der Waals surface area (Å²) in [4.78, 5) is 12.6. The smallest absolute Gasteiger partial charge is 0.238 e. The van der Waals surface area contributed by atoms with Crippen LogP contribution in [-0.4, -0.2) is 31.2 Å². The fraction of sp³-hybridized carbons (Fsp3) is 0.350. The molecule has 0 unspecified atom stereocenters. The minimum absolute atomic E-state index is 0.0723. The Morgan fingerprint density at radius 3 is 2.58 bits per heavy atom. The van der Waals surface area contributed by atoms with E-state index in [4.69, 9.17) is 0 Å². The number of sulfonamides is 1. The van der Waals surface area contributed by atoms with E-state index in [2.05, 4.69) is 5.32 Å². The molecule has 1 N–H and O–H groups in total. The van der Waals surface area contributed by atoms with Crippen molar-refractivity contribution in [1.29, 1.82) is 0 Å². The lowest BCUT2D eigenvalue weighted by atomic mass is 10.2. The van der Waals surface area contributed by atoms with Crippen LogP contribution in [0.3, 0.4) is 0 Å². The lowest BCUT2D eigenvalue weighted by molar-refractivity contribution is -0.124. The maximum Gasteiger partial charge on any atom is 0.238 e. The molecule has 2 aromatic carbocycles. The third-order valence-corrected chi connectivity index (χ3v) is 6.45. The summed E-state index contributed by atoms with van der Waals surface area (Å²) in [6, 6.07) is 16.5. The second-order valence-corrected chi connectivity index (χ2v) is 8.64. The molecule has 0 aromatic heterocycles. The summed E-state index contributed by atoms with van der Waals surface area (Å²) in [5.74, 6) is -0.295. The van der Waals surface area contributed by atoms with Crippen LogP contribution < -0.4 is 5.32 Å². The SMILES string of the molecule is Cc1cccc(CS(=O)(=O)N2CCC[C@@H]2C(=O)NCc2ccccc2)c1. The molecular formula is C20H24N2O3S. The van der Waals surface area contributed by atoms with Crippen molar-refractivity contribution in [2.45, 2.75) is 38.1 Å². The lowest BCUT2D eigenvalue weighted by Gasteiger charge is -2.23. The van der Waals surface area contributed by atoms with Crippen LogP contribution in [0.25, 0.3) is 0 Å². The molecule has 0 bridgehead atoms. The Morgan fingerprint density at radius 2 is 1.85 bits per heavy atom. The fourth-order valence-electron chi connectivity index (χ4n) is 3.33. The summed E-state index contributed by atoms with van der Waals surface area (Å²) in [5, 5.41) is 2.87. The molecule has 0 spiro atoms. The number of benzene rings is 2. The van der Waals surface area contributed by atoms with Crippen molar-refractivity contribution < 1.29 is 13.2 Å². The van der Waals surface area contributed by atoms with Gasteiger partial charge >= 0.3 is 0 Å². The third kappa shape index (κ3) is 4.51. The summed E-state index contributed by atoms with van der Waals surface area (Å²) in [5.41, 5.74) is 2.77. The molecule has 5 nitrogen and oxygen atoms in total. The first-order chi connectivity index (χ1) is 12.5. The molecule has 3 rings (SSSR count). The minimum atomic E-state index is -3.53. The van der Waals surface area contributed by atoms with Gasteiger partial charge in [0.15, 0.2) is 0 Å². The van der Waals surface area contributed by atoms with E-state index in [0.717, 1.165) is 16.7 Å². The molecule has 1 atom stereocenters. The summed E-state index contributed by atoms with van der Waals surface area (Å²) in [6.45, 7) is 2.74. The largest absolute Gasteiger partial charge is 0.351 e. The Labute approximate surface area is 155 Å². The summed E-state index contributed by atoms with van der Waals surface area (Å²) in [6.07, 6.45) is 1.27. The second kappa shape index (κ2) is 8.01. The Hall–Kier alpha value is -2.18. The van der Waals surface area contributed by atoms with Gasteiger partial charge in [0.25, 0.3) is 0 Å². The molecule has 1 saturated heterocycles. The van der Waals surface area contributed by atoms with Crippen LogP contribution in [0.5, 0.6) is 0 Å². The average Bonchev–Trinajstić information content (AvgIpc) is 3.11. The van der Waals surface area contributed by atoms with E-state index in [1.54, 1.807) is 0 Å². The van der Waals surface area contributed by atoms with Gasteiger partial charge in [0.05, 0.1) is 5.75 Å². The number of nitrogens with one attached hydrogen (secondary N) is 1. The Balaban J connectivity index is 1.67. The molecule has 1 aliphatic heterocycles. The molecule has 0 radical (unpaired) electrons. The third-order valence-electron chi connectivity index (χ3n) is 4.60. The summed E-state index contributed by atoms with van der Waals surface area (Å²) < 4.78 is 27.1. The van der Waals surface area contributed by atoms with E-state index in [1.165, 1.54) is 4.31 Å². The van der Waals surface area contributed by atoms with Crippen molar-refractivity contribution in [3.63, 3.8) is 0 Å². The number of hydrogen-bond donors (Lipinski definition) is 1. The lowest BCUT2D eigenvalue weighted by Crippen LogP contribution is -2.46. The number of nitrogens with zero attached hydrogens (tertiary/aromatic N) is 1. The van der Waals surface area contributed by atoms with Crippen molar-refractivity contribution in [2.75, 3.05) is 6.54 Å². The second-order valence-electron chi connectivity index (χ2n) is 6.72. The highest BCUT2D eigenvalue weighted by molar-refractivity contribution is 7.88. The number of carbonyl (C=O) groups excluding carboxylic acids is 1. The summed E-state index contributed by atoms with van der Waals surface area (Å²) in [7, 11) is -3.53. The number of amides is 1. The van der Waals surface area contributed by atoms with E-state index < -0.39 is 16.1 Å². The molecule has 1 aliphatic rings. The highest BCUT2D eigenvalue weighted by Gasteiger charge is 2.38. The van der Waals surface area contributed by atoms with Gasteiger partial charge in [-0.25, -0.2) is 8.42 Å². The molecule has 0 aliphatic carbocycles. The van der Waals surface area contributed by atoms with Gasteiger partial charge in [-0.2, -0.15) is 4.31 Å². The van der Waals surface area contributed by atoms with Crippen LogP contribution in [0.2, 0.25) is 0 Å². The number of aryl methyl sites for hydroxylation is 1. The van der Waals surface area contributed by atoms with Gasteiger partial charge in [-0.05, 0) is 30.9 Å². The van der Waals surface area contributed by atoms with Gasteiger partial charge in [-0.1, -0.05) is 60.2 Å². The maximum atomic E-state index is 12.8. The quantitative estimate of drug-likeness (QED) is 0.848. The highest BCUT2D eigenvalue weighted by atomic mass is 32.2. The Kier molecular flexibility index (Phi) is 5.74. The van der Waals surface area contributed by atoms with Crippen molar-refractivity contribution in [3.05, 3.63) is 71.3 Å². The average molecular weight is 372 g/mol. The van der Waals surface area contributed by atoms with Gasteiger partial charge in [0.2, 0.25) is 15.9 Å². The van der Waals surface area contributed by atoms with Crippen molar-refractivity contribution in [1.82, 2.24) is 9.62 Å². The van der Waals surface area contributed by atoms with Crippen LogP contribution in [-0.2, 0) is 27.1 Å². The number of hydrogen-bond acceptors (Lipinski definition) is 3. The summed E-state index contributed by atoms with van der Waals surface area (Å²) >= 11 is 0. The molecule has 1 amide bonds. The first-order valence-corrected chi connectivity index (χ1v) is 10.4. The number of rotatable bonds is 6. The molecule has 26 heavy (non-hydrogen) atoms. The molecule has 1 fully saturated rings. The van der Waals surface area contributed by atoms with Crippen LogP contribution in [0, 0.1) is 6.92 Å². The van der Waals surface area contributed by atoms with E-state index in [9.17, 15) is 13.2 Å². The van der Waals surface area contributed by atoms with E-state index in [-0.39, 0.29) is 11.7 Å². The van der Waals surface area contributed by atoms with Crippen LogP contribution >= 0.6 is 0 Å². The molecule has 1 heterocycles. The van der Waals surface area contributed by atoms with Gasteiger partial charge in [-0.3, -0.25) is 4.79 Å². The molecular weight excluding hydrogens is 348 g/mol. The van der Waals surface area contributed by atoms with Gasteiger partial charge in [0, 0.05) is 13.1 Å². The van der Waals surface area contributed by atoms with Gasteiger partial charge in [-0.15, -0.1) is 0 Å². The number of carbonyl (C=O) groups is 1. The standard InChI is InChI=1S/C20H24N2O3S/c1-16-7-5-10-18(13-16)15-26(24,25)22-12-6-11-19(22)20(23)21-14-17-8-3-2-4-9-17/h2-5,7-10,13,19H,6,11-12,14-15H2,1H3,(H,21,23)/t19-/m1/s1. The fourth-order valence-corrected chi connectivity index (χ4v) is 5.10. The van der Waals surface area contributed by atoms with Crippen LogP contribution in [0.15, 0.2) is 54.6 Å². The van der Waals surface area contributed by atoms with E-state index in [0.29, 0.717) is 25.9 Å². The molecule has 138 valence electrons. The van der Waals surface area contributed by atoms with Crippen LogP contribution in [0.4, 0.5) is 0 Å². The zero-order valence-electron chi connectivity index (χ0n) is 14.9. The molecule has 6 heteroatoms. The van der Waals surface area contributed by atoms with Gasteiger partial charge < -0.3 is 5.32 Å². The van der Waals surface area contributed by atoms with Crippen molar-refractivity contribution in [2.24, 2.45) is 0 Å². The Bertz CT molecular complexity index is 866. The minimum Gasteiger partial charge on any atom is -0.351 e. The first-order valence-electron chi connectivity index (χ1n) is 8.82. The van der Waals surface area contributed by atoms with Crippen LogP contribution in [0.1, 0.15) is 29.5 Å². The zero-order valence-corrected chi connectivity index (χ0v) is 15.7. The van der Waals surface area contributed by atoms with E-state index >= 15 is 0 Å².